The Kier molecular flexibility index (Phi) is 6.08. The number of likely N-dealkylation sites (tertiary alicyclic amines) is 1. The SMILES string of the molecule is COc1cc(OC)c(N2C[C@@H](C(=O)N3CCC[C@@H](c4nc5ccccc5[nH]4)C3)CC2=O)cc1Cl. The average Bonchev–Trinajstić information content (AvgIpc) is 3.47. The number of halogens is 1. The Labute approximate surface area is 202 Å². The Balaban J connectivity index is 1.31. The monoisotopic (exact) mass is 482 g/mol. The third kappa shape index (κ3) is 4.07. The van der Waals surface area contributed by atoms with E-state index < -0.39 is 5.92 Å². The quantitative estimate of drug-likeness (QED) is 0.594. The maximum atomic E-state index is 13.4. The van der Waals surface area contributed by atoms with Crippen molar-refractivity contribution in [2.24, 2.45) is 5.92 Å². The number of H-pyrrole nitrogens is 1. The molecule has 5 rings (SSSR count). The average molecular weight is 483 g/mol. The molecule has 178 valence electrons. The lowest BCUT2D eigenvalue weighted by Crippen LogP contribution is -2.43. The van der Waals surface area contributed by atoms with Crippen LogP contribution in [0.2, 0.25) is 5.02 Å². The number of nitrogens with zero attached hydrogens (tertiary/aromatic N) is 3. The number of hydrogen-bond donors (Lipinski definition) is 1. The molecule has 1 aromatic heterocycles. The number of carbonyl (C=O) groups excluding carboxylic acids is 2. The third-order valence-corrected chi connectivity index (χ3v) is 7.04. The summed E-state index contributed by atoms with van der Waals surface area (Å²) in [4.78, 5) is 38.0. The normalized spacial score (nSPS) is 20.7. The first-order valence-corrected chi connectivity index (χ1v) is 11.8. The fourth-order valence-corrected chi connectivity index (χ4v) is 5.22. The molecule has 9 heteroatoms. The zero-order valence-corrected chi connectivity index (χ0v) is 20.0. The first-order chi connectivity index (χ1) is 16.5. The van der Waals surface area contributed by atoms with Gasteiger partial charge in [0, 0.05) is 38.0 Å². The first kappa shape index (κ1) is 22.5. The lowest BCUT2D eigenvalue weighted by molar-refractivity contribution is -0.137. The molecule has 2 aromatic carbocycles. The highest BCUT2D eigenvalue weighted by molar-refractivity contribution is 6.32. The van der Waals surface area contributed by atoms with Crippen molar-refractivity contribution in [1.29, 1.82) is 0 Å². The van der Waals surface area contributed by atoms with Gasteiger partial charge in [0.1, 0.15) is 17.3 Å². The van der Waals surface area contributed by atoms with Crippen molar-refractivity contribution in [2.45, 2.75) is 25.2 Å². The molecule has 0 bridgehead atoms. The van der Waals surface area contributed by atoms with Crippen LogP contribution in [0.5, 0.6) is 11.5 Å². The molecule has 0 radical (unpaired) electrons. The first-order valence-electron chi connectivity index (χ1n) is 11.4. The Hall–Kier alpha value is -3.26. The van der Waals surface area contributed by atoms with Crippen LogP contribution in [0.4, 0.5) is 5.69 Å². The number of carbonyl (C=O) groups is 2. The largest absolute Gasteiger partial charge is 0.495 e. The molecule has 8 nitrogen and oxygen atoms in total. The van der Waals surface area contributed by atoms with Gasteiger partial charge >= 0.3 is 0 Å². The van der Waals surface area contributed by atoms with Gasteiger partial charge in [-0.05, 0) is 31.0 Å². The fraction of sp³-hybridized carbons (Fsp3) is 0.400. The predicted molar refractivity (Wildman–Crippen MR) is 130 cm³/mol. The van der Waals surface area contributed by atoms with Crippen molar-refractivity contribution in [3.05, 3.63) is 47.2 Å². The fourth-order valence-electron chi connectivity index (χ4n) is 4.99. The number of piperidine rings is 1. The van der Waals surface area contributed by atoms with Crippen LogP contribution in [-0.4, -0.2) is 60.5 Å². The number of fused-ring (bicyclic) bond motifs is 1. The standard InChI is InChI=1S/C25H27ClN4O4/c1-33-21-12-22(34-2)20(11-17(21)26)30-14-16(10-23(30)31)25(32)29-9-5-6-15(13-29)24-27-18-7-3-4-8-19(18)28-24/h3-4,7-8,11-12,15-16H,5-6,9-10,13-14H2,1-2H3,(H,27,28)/t15-,16+/m1/s1. The number of para-hydroxylation sites is 2. The summed E-state index contributed by atoms with van der Waals surface area (Å²) in [7, 11) is 3.05. The van der Waals surface area contributed by atoms with E-state index in [1.54, 1.807) is 17.0 Å². The van der Waals surface area contributed by atoms with Gasteiger partial charge < -0.3 is 24.3 Å². The Morgan fingerprint density at radius 3 is 2.71 bits per heavy atom. The molecule has 2 fully saturated rings. The zero-order chi connectivity index (χ0) is 23.8. The number of benzene rings is 2. The second-order valence-corrected chi connectivity index (χ2v) is 9.23. The highest BCUT2D eigenvalue weighted by Crippen LogP contribution is 2.40. The number of amides is 2. The number of nitrogens with one attached hydrogen (secondary N) is 1. The minimum absolute atomic E-state index is 0.00948. The number of hydrogen-bond acceptors (Lipinski definition) is 5. The maximum Gasteiger partial charge on any atom is 0.228 e. The smallest absolute Gasteiger partial charge is 0.228 e. The number of aromatic nitrogens is 2. The summed E-state index contributed by atoms with van der Waals surface area (Å²) in [5.74, 6) is 1.49. The van der Waals surface area contributed by atoms with Crippen LogP contribution in [0.3, 0.4) is 0 Å². The van der Waals surface area contributed by atoms with Crippen LogP contribution in [0.15, 0.2) is 36.4 Å². The second kappa shape index (κ2) is 9.18. The van der Waals surface area contributed by atoms with E-state index in [0.29, 0.717) is 41.8 Å². The molecule has 0 unspecified atom stereocenters. The van der Waals surface area contributed by atoms with E-state index >= 15 is 0 Å². The molecule has 2 amide bonds. The number of imidazole rings is 1. The van der Waals surface area contributed by atoms with Gasteiger partial charge in [0.05, 0.1) is 41.9 Å². The highest BCUT2D eigenvalue weighted by Gasteiger charge is 2.40. The highest BCUT2D eigenvalue weighted by atomic mass is 35.5. The topological polar surface area (TPSA) is 87.8 Å². The molecule has 2 aliphatic rings. The molecule has 0 aliphatic carbocycles. The molecule has 2 aliphatic heterocycles. The van der Waals surface area contributed by atoms with E-state index in [4.69, 9.17) is 26.1 Å². The van der Waals surface area contributed by atoms with Gasteiger partial charge in [0.2, 0.25) is 11.8 Å². The summed E-state index contributed by atoms with van der Waals surface area (Å²) in [6.07, 6.45) is 2.04. The van der Waals surface area contributed by atoms with Gasteiger partial charge in [-0.3, -0.25) is 9.59 Å². The lowest BCUT2D eigenvalue weighted by Gasteiger charge is -2.33. The minimum atomic E-state index is -0.410. The van der Waals surface area contributed by atoms with Crippen LogP contribution in [0, 0.1) is 5.92 Å². The Morgan fingerprint density at radius 2 is 1.94 bits per heavy atom. The van der Waals surface area contributed by atoms with Gasteiger partial charge in [-0.25, -0.2) is 4.98 Å². The van der Waals surface area contributed by atoms with E-state index in [0.717, 1.165) is 29.7 Å². The van der Waals surface area contributed by atoms with Gasteiger partial charge in [-0.15, -0.1) is 0 Å². The van der Waals surface area contributed by atoms with Crippen molar-refractivity contribution in [3.8, 4) is 11.5 Å². The summed E-state index contributed by atoms with van der Waals surface area (Å²) in [5.41, 5.74) is 2.49. The number of methoxy groups -OCH3 is 2. The number of rotatable bonds is 5. The van der Waals surface area contributed by atoms with E-state index in [1.165, 1.54) is 14.2 Å². The molecule has 3 heterocycles. The molecule has 3 aromatic rings. The van der Waals surface area contributed by atoms with Crippen molar-refractivity contribution in [1.82, 2.24) is 14.9 Å². The predicted octanol–water partition coefficient (Wildman–Crippen LogP) is 3.99. The van der Waals surface area contributed by atoms with Crippen molar-refractivity contribution >= 4 is 40.1 Å². The lowest BCUT2D eigenvalue weighted by atomic mass is 9.95. The van der Waals surface area contributed by atoms with Crippen LogP contribution in [0.25, 0.3) is 11.0 Å². The maximum absolute atomic E-state index is 13.4. The Bertz CT molecular complexity index is 1210. The molecular weight excluding hydrogens is 456 g/mol. The number of anilines is 1. The molecule has 0 saturated carbocycles. The van der Waals surface area contributed by atoms with E-state index in [-0.39, 0.29) is 24.2 Å². The summed E-state index contributed by atoms with van der Waals surface area (Å²) in [6, 6.07) is 11.3. The van der Waals surface area contributed by atoms with Gasteiger partial charge in [0.25, 0.3) is 0 Å². The van der Waals surface area contributed by atoms with Crippen molar-refractivity contribution in [3.63, 3.8) is 0 Å². The molecule has 1 N–H and O–H groups in total. The molecule has 2 saturated heterocycles. The van der Waals surface area contributed by atoms with Crippen LogP contribution >= 0.6 is 11.6 Å². The summed E-state index contributed by atoms with van der Waals surface area (Å²) in [6.45, 7) is 1.58. The van der Waals surface area contributed by atoms with Crippen molar-refractivity contribution < 1.29 is 19.1 Å². The van der Waals surface area contributed by atoms with Gasteiger partial charge in [-0.2, -0.15) is 0 Å². The summed E-state index contributed by atoms with van der Waals surface area (Å²) in [5, 5.41) is 0.380. The summed E-state index contributed by atoms with van der Waals surface area (Å²) >= 11 is 6.31. The summed E-state index contributed by atoms with van der Waals surface area (Å²) < 4.78 is 10.7. The number of ether oxygens (including phenoxy) is 2. The second-order valence-electron chi connectivity index (χ2n) is 8.83. The van der Waals surface area contributed by atoms with Gasteiger partial charge in [-0.1, -0.05) is 23.7 Å². The van der Waals surface area contributed by atoms with E-state index in [1.807, 2.05) is 29.2 Å². The number of aromatic amines is 1. The van der Waals surface area contributed by atoms with Gasteiger partial charge in [0.15, 0.2) is 0 Å². The molecule has 0 spiro atoms. The zero-order valence-electron chi connectivity index (χ0n) is 19.2. The minimum Gasteiger partial charge on any atom is -0.495 e. The van der Waals surface area contributed by atoms with E-state index in [9.17, 15) is 9.59 Å². The Morgan fingerprint density at radius 1 is 1.15 bits per heavy atom. The van der Waals surface area contributed by atoms with Crippen molar-refractivity contribution in [2.75, 3.05) is 38.8 Å². The van der Waals surface area contributed by atoms with Crippen LogP contribution in [-0.2, 0) is 9.59 Å². The third-order valence-electron chi connectivity index (χ3n) is 6.75. The molecule has 34 heavy (non-hydrogen) atoms. The van der Waals surface area contributed by atoms with Crippen LogP contribution in [0.1, 0.15) is 31.0 Å². The molecular formula is C25H27ClN4O4. The molecule has 2 atom stereocenters. The van der Waals surface area contributed by atoms with Crippen LogP contribution < -0.4 is 14.4 Å². The van der Waals surface area contributed by atoms with E-state index in [2.05, 4.69) is 4.98 Å².